The molecular formula is C52H50BN3. The zero-order valence-electron chi connectivity index (χ0n) is 33.7. The van der Waals surface area contributed by atoms with Crippen molar-refractivity contribution in [2.75, 3.05) is 14.7 Å². The number of rotatable bonds is 2. The number of nitrogens with zero attached hydrogens (tertiary/aromatic N) is 3. The summed E-state index contributed by atoms with van der Waals surface area (Å²) in [6.07, 6.45) is 7.18. The summed E-state index contributed by atoms with van der Waals surface area (Å²) in [5.41, 5.74) is 21.9. The molecule has 4 aliphatic heterocycles. The third-order valence-corrected chi connectivity index (χ3v) is 16.3. The second-order valence-electron chi connectivity index (χ2n) is 18.9. The van der Waals surface area contributed by atoms with Crippen LogP contribution >= 0.6 is 0 Å². The average Bonchev–Trinajstić information content (AvgIpc) is 3.55. The van der Waals surface area contributed by atoms with Crippen molar-refractivity contribution in [2.24, 2.45) is 0 Å². The first-order chi connectivity index (χ1) is 27.1. The number of hydrogen-bond donors (Lipinski definition) is 0. The third-order valence-electron chi connectivity index (χ3n) is 16.3. The Bertz CT molecular complexity index is 2700. The molecule has 0 bridgehead atoms. The molecule has 2 aliphatic carbocycles. The molecule has 276 valence electrons. The summed E-state index contributed by atoms with van der Waals surface area (Å²) in [4.78, 5) is 8.30. The van der Waals surface area contributed by atoms with Crippen LogP contribution in [0.5, 0.6) is 0 Å². The molecule has 6 aromatic carbocycles. The maximum Gasteiger partial charge on any atom is 0.252 e. The van der Waals surface area contributed by atoms with E-state index in [2.05, 4.69) is 178 Å². The fraction of sp³-hybridized carbons (Fsp3) is 0.308. The van der Waals surface area contributed by atoms with Crippen LogP contribution in [0.4, 0.5) is 39.8 Å². The Morgan fingerprint density at radius 1 is 0.518 bits per heavy atom. The number of fused-ring (bicyclic) bond motifs is 12. The van der Waals surface area contributed by atoms with Gasteiger partial charge in [0.15, 0.2) is 0 Å². The van der Waals surface area contributed by atoms with Gasteiger partial charge in [0.05, 0.1) is 11.1 Å². The van der Waals surface area contributed by atoms with Crippen LogP contribution in [0.15, 0.2) is 121 Å². The van der Waals surface area contributed by atoms with Crippen molar-refractivity contribution >= 4 is 62.9 Å². The fourth-order valence-corrected chi connectivity index (χ4v) is 13.2. The maximum atomic E-state index is 2.89. The largest absolute Gasteiger partial charge is 0.335 e. The van der Waals surface area contributed by atoms with Gasteiger partial charge >= 0.3 is 0 Å². The van der Waals surface area contributed by atoms with Crippen molar-refractivity contribution in [2.45, 2.75) is 102 Å². The van der Waals surface area contributed by atoms with E-state index in [9.17, 15) is 0 Å². The second kappa shape index (κ2) is 10.8. The van der Waals surface area contributed by atoms with Crippen molar-refractivity contribution in [3.63, 3.8) is 0 Å². The predicted molar refractivity (Wildman–Crippen MR) is 236 cm³/mol. The Kier molecular flexibility index (Phi) is 6.35. The number of hydrogen-bond acceptors (Lipinski definition) is 3. The molecule has 56 heavy (non-hydrogen) atoms. The van der Waals surface area contributed by atoms with Crippen LogP contribution < -0.4 is 31.1 Å². The lowest BCUT2D eigenvalue weighted by atomic mass is 9.33. The number of benzene rings is 6. The quantitative estimate of drug-likeness (QED) is 0.164. The van der Waals surface area contributed by atoms with E-state index in [1.807, 2.05) is 0 Å². The Morgan fingerprint density at radius 2 is 1.25 bits per heavy atom. The molecule has 0 amide bonds. The molecule has 0 spiro atoms. The first kappa shape index (κ1) is 33.0. The average molecular weight is 728 g/mol. The van der Waals surface area contributed by atoms with Gasteiger partial charge in [-0.1, -0.05) is 112 Å². The van der Waals surface area contributed by atoms with Crippen molar-refractivity contribution in [3.8, 4) is 0 Å². The van der Waals surface area contributed by atoms with Gasteiger partial charge < -0.3 is 14.7 Å². The Morgan fingerprint density at radius 3 is 2.11 bits per heavy atom. The topological polar surface area (TPSA) is 9.72 Å². The van der Waals surface area contributed by atoms with Gasteiger partial charge in [-0.2, -0.15) is 0 Å². The molecule has 1 fully saturated rings. The van der Waals surface area contributed by atoms with Gasteiger partial charge in [-0.05, 0) is 140 Å². The zero-order valence-corrected chi connectivity index (χ0v) is 33.7. The molecule has 6 aromatic rings. The van der Waals surface area contributed by atoms with Gasteiger partial charge in [0.1, 0.15) is 0 Å². The van der Waals surface area contributed by atoms with Gasteiger partial charge in [-0.25, -0.2) is 0 Å². The minimum absolute atomic E-state index is 0.0401. The summed E-state index contributed by atoms with van der Waals surface area (Å²) < 4.78 is 0. The van der Waals surface area contributed by atoms with E-state index in [4.69, 9.17) is 0 Å². The highest BCUT2D eigenvalue weighted by Crippen LogP contribution is 2.66. The summed E-state index contributed by atoms with van der Waals surface area (Å²) in [5, 5.41) is 0. The Labute approximate surface area is 333 Å². The van der Waals surface area contributed by atoms with E-state index in [0.717, 1.165) is 12.8 Å². The molecule has 4 unspecified atom stereocenters. The summed E-state index contributed by atoms with van der Waals surface area (Å²) in [7, 11) is 0. The molecule has 0 N–H and O–H groups in total. The van der Waals surface area contributed by atoms with E-state index >= 15 is 0 Å². The van der Waals surface area contributed by atoms with E-state index in [1.165, 1.54) is 110 Å². The van der Waals surface area contributed by atoms with Crippen LogP contribution in [0.25, 0.3) is 0 Å². The molecule has 12 rings (SSSR count). The normalized spacial score (nSPS) is 27.2. The van der Waals surface area contributed by atoms with Gasteiger partial charge in [0, 0.05) is 50.6 Å². The second-order valence-corrected chi connectivity index (χ2v) is 18.9. The van der Waals surface area contributed by atoms with Crippen molar-refractivity contribution in [1.82, 2.24) is 0 Å². The highest BCUT2D eigenvalue weighted by Gasteiger charge is 2.63. The monoisotopic (exact) mass is 727 g/mol. The molecule has 0 aromatic heterocycles. The first-order valence-electron chi connectivity index (χ1n) is 21.2. The Balaban J connectivity index is 1.23. The van der Waals surface area contributed by atoms with Gasteiger partial charge in [0.25, 0.3) is 6.71 Å². The Hall–Kier alpha value is -5.22. The van der Waals surface area contributed by atoms with Crippen molar-refractivity contribution in [1.29, 1.82) is 0 Å². The molecular weight excluding hydrogens is 677 g/mol. The van der Waals surface area contributed by atoms with E-state index in [1.54, 1.807) is 5.56 Å². The molecule has 6 aliphatic rings. The minimum Gasteiger partial charge on any atom is -0.335 e. The van der Waals surface area contributed by atoms with Crippen LogP contribution in [0.1, 0.15) is 93.2 Å². The molecule has 0 radical (unpaired) electrons. The van der Waals surface area contributed by atoms with Crippen molar-refractivity contribution < 1.29 is 0 Å². The summed E-state index contributed by atoms with van der Waals surface area (Å²) in [6.45, 7) is 14.9. The predicted octanol–water partition coefficient (Wildman–Crippen LogP) is 10.9. The highest BCUT2D eigenvalue weighted by molar-refractivity contribution is 7.00. The molecule has 1 saturated carbocycles. The lowest BCUT2D eigenvalue weighted by molar-refractivity contribution is 0.195. The van der Waals surface area contributed by atoms with Crippen LogP contribution in [-0.2, 0) is 22.8 Å². The van der Waals surface area contributed by atoms with Gasteiger partial charge in [0.2, 0.25) is 0 Å². The fourth-order valence-electron chi connectivity index (χ4n) is 13.2. The van der Waals surface area contributed by atoms with Gasteiger partial charge in [-0.15, -0.1) is 0 Å². The highest BCUT2D eigenvalue weighted by atomic mass is 15.3. The van der Waals surface area contributed by atoms with Crippen LogP contribution in [0, 0.1) is 13.8 Å². The molecule has 4 atom stereocenters. The molecule has 4 heteroatoms. The smallest absolute Gasteiger partial charge is 0.252 e. The SMILES string of the molecule is Cc1cccc(N2c3cc(C)ccc3B3c4cccc5c4N(c4cc(N6c7ccccc7C7(C)CCc8ccccc8C67C)cc2c43)C2(C)CCCCC52C)c1. The molecule has 3 nitrogen and oxygen atoms in total. The van der Waals surface area contributed by atoms with E-state index in [-0.39, 0.29) is 28.6 Å². The lowest BCUT2D eigenvalue weighted by Crippen LogP contribution is -2.64. The van der Waals surface area contributed by atoms with Gasteiger partial charge in [-0.3, -0.25) is 0 Å². The summed E-state index contributed by atoms with van der Waals surface area (Å²) >= 11 is 0. The standard InChI is InChI=1S/C52H50BN3/c1-33-15-13-17-36(29-33)54-44-30-34(2)23-24-41(44)53-42-21-14-20-40-48(42)56(51(5)27-12-11-26-49(40,51)3)46-32-37(31-45(54)47(46)53)55-43-22-10-9-19-39(43)50(4)28-25-35-16-7-8-18-38(35)52(50,55)6/h7-10,13-24,29-32H,11-12,25-28H2,1-6H3. The first-order valence-corrected chi connectivity index (χ1v) is 21.2. The molecule has 4 heterocycles. The minimum atomic E-state index is -0.283. The third kappa shape index (κ3) is 3.73. The number of para-hydroxylation sites is 2. The van der Waals surface area contributed by atoms with E-state index < -0.39 is 0 Å². The maximum absolute atomic E-state index is 2.89. The van der Waals surface area contributed by atoms with Crippen LogP contribution in [0.3, 0.4) is 0 Å². The number of anilines is 7. The molecule has 0 saturated heterocycles. The van der Waals surface area contributed by atoms with Crippen LogP contribution in [-0.4, -0.2) is 12.3 Å². The summed E-state index contributed by atoms with van der Waals surface area (Å²) in [6, 6.07) is 47.7. The summed E-state index contributed by atoms with van der Waals surface area (Å²) in [5.74, 6) is 0. The van der Waals surface area contributed by atoms with E-state index in [0.29, 0.717) is 0 Å². The van der Waals surface area contributed by atoms with Crippen molar-refractivity contribution in [3.05, 3.63) is 155 Å². The zero-order chi connectivity index (χ0) is 37.9. The lowest BCUT2D eigenvalue weighted by Gasteiger charge is -2.54. The van der Waals surface area contributed by atoms with Crippen LogP contribution in [0.2, 0.25) is 0 Å². The number of aryl methyl sites for hydroxylation is 3.